The number of nitriles is 1. The summed E-state index contributed by atoms with van der Waals surface area (Å²) in [5.74, 6) is 0.627. The van der Waals surface area contributed by atoms with Crippen LogP contribution in [0.4, 0.5) is 0 Å². The van der Waals surface area contributed by atoms with Crippen LogP contribution in [0.5, 0.6) is 0 Å². The minimum atomic E-state index is 0.137. The number of aromatic nitrogens is 1. The molecule has 0 aliphatic heterocycles. The van der Waals surface area contributed by atoms with Gasteiger partial charge in [-0.2, -0.15) is 5.26 Å². The average molecular weight is 226 g/mol. The normalized spacial score (nSPS) is 11.2. The van der Waals surface area contributed by atoms with E-state index in [0.29, 0.717) is 11.5 Å². The third-order valence-electron chi connectivity index (χ3n) is 2.66. The van der Waals surface area contributed by atoms with Crippen LogP contribution in [-0.2, 0) is 5.41 Å². The molecule has 17 heavy (non-hydrogen) atoms. The van der Waals surface area contributed by atoms with Gasteiger partial charge in [-0.25, -0.2) is 0 Å². The fourth-order valence-electron chi connectivity index (χ4n) is 1.60. The van der Waals surface area contributed by atoms with Crippen molar-refractivity contribution in [1.82, 2.24) is 5.16 Å². The highest BCUT2D eigenvalue weighted by atomic mass is 16.5. The number of hydrogen-bond acceptors (Lipinski definition) is 3. The van der Waals surface area contributed by atoms with E-state index in [-0.39, 0.29) is 5.41 Å². The van der Waals surface area contributed by atoms with E-state index in [4.69, 9.17) is 9.78 Å². The summed E-state index contributed by atoms with van der Waals surface area (Å²) in [5, 5.41) is 12.3. The Bertz CT molecular complexity index is 553. The number of nitrogens with zero attached hydrogens (tertiary/aromatic N) is 2. The van der Waals surface area contributed by atoms with E-state index in [0.717, 1.165) is 5.56 Å². The second-order valence-corrected chi connectivity index (χ2v) is 5.02. The van der Waals surface area contributed by atoms with Crippen LogP contribution in [0.1, 0.15) is 32.0 Å². The Labute approximate surface area is 101 Å². The smallest absolute Gasteiger partial charge is 0.184 e. The first-order chi connectivity index (χ1) is 8.00. The van der Waals surface area contributed by atoms with E-state index in [1.54, 1.807) is 6.07 Å². The molecular formula is C14H14N2O. The molecule has 0 spiro atoms. The molecule has 0 bridgehead atoms. The highest BCUT2D eigenvalue weighted by Crippen LogP contribution is 2.26. The molecule has 0 radical (unpaired) electrons. The van der Waals surface area contributed by atoms with Crippen LogP contribution in [0, 0.1) is 11.3 Å². The standard InChI is InChI=1S/C14H14N2O/c1-14(2,3)11-6-4-10(5-7-11)13-8-12(9-15)16-17-13/h4-8H,1-3H3. The van der Waals surface area contributed by atoms with Gasteiger partial charge in [0.05, 0.1) is 0 Å². The molecule has 0 amide bonds. The first-order valence-electron chi connectivity index (χ1n) is 5.48. The lowest BCUT2D eigenvalue weighted by atomic mass is 9.86. The highest BCUT2D eigenvalue weighted by molar-refractivity contribution is 5.58. The molecule has 0 unspecified atom stereocenters. The van der Waals surface area contributed by atoms with Crippen LogP contribution >= 0.6 is 0 Å². The van der Waals surface area contributed by atoms with Gasteiger partial charge in [0.15, 0.2) is 11.5 Å². The Hall–Kier alpha value is -2.08. The molecule has 0 N–H and O–H groups in total. The van der Waals surface area contributed by atoms with Crippen LogP contribution < -0.4 is 0 Å². The van der Waals surface area contributed by atoms with E-state index < -0.39 is 0 Å². The molecule has 3 heteroatoms. The van der Waals surface area contributed by atoms with Gasteiger partial charge in [0, 0.05) is 11.6 Å². The maximum Gasteiger partial charge on any atom is 0.184 e. The zero-order chi connectivity index (χ0) is 12.5. The Kier molecular flexibility index (Phi) is 2.72. The second kappa shape index (κ2) is 4.06. The summed E-state index contributed by atoms with van der Waals surface area (Å²) in [6, 6.07) is 11.7. The van der Waals surface area contributed by atoms with Crippen LogP contribution in [0.25, 0.3) is 11.3 Å². The number of hydrogen-bond donors (Lipinski definition) is 0. The average Bonchev–Trinajstić information content (AvgIpc) is 2.76. The molecule has 0 aliphatic rings. The maximum atomic E-state index is 8.68. The molecule has 2 rings (SSSR count). The Morgan fingerprint density at radius 3 is 2.29 bits per heavy atom. The van der Waals surface area contributed by atoms with Crippen molar-refractivity contribution >= 4 is 0 Å². The van der Waals surface area contributed by atoms with Crippen LogP contribution in [0.2, 0.25) is 0 Å². The van der Waals surface area contributed by atoms with E-state index in [1.165, 1.54) is 5.56 Å². The quantitative estimate of drug-likeness (QED) is 0.747. The highest BCUT2D eigenvalue weighted by Gasteiger charge is 2.14. The predicted octanol–water partition coefficient (Wildman–Crippen LogP) is 3.51. The van der Waals surface area contributed by atoms with Crippen molar-refractivity contribution in [3.8, 4) is 17.4 Å². The fraction of sp³-hybridized carbons (Fsp3) is 0.286. The van der Waals surface area contributed by atoms with Crippen molar-refractivity contribution in [2.45, 2.75) is 26.2 Å². The monoisotopic (exact) mass is 226 g/mol. The molecule has 0 saturated carbocycles. The molecular weight excluding hydrogens is 212 g/mol. The zero-order valence-electron chi connectivity index (χ0n) is 10.2. The second-order valence-electron chi connectivity index (χ2n) is 5.02. The third-order valence-corrected chi connectivity index (χ3v) is 2.66. The fourth-order valence-corrected chi connectivity index (χ4v) is 1.60. The minimum Gasteiger partial charge on any atom is -0.355 e. The van der Waals surface area contributed by atoms with Crippen molar-refractivity contribution in [3.63, 3.8) is 0 Å². The zero-order valence-corrected chi connectivity index (χ0v) is 10.2. The van der Waals surface area contributed by atoms with Gasteiger partial charge in [0.2, 0.25) is 0 Å². The molecule has 2 aromatic rings. The summed E-state index contributed by atoms with van der Waals surface area (Å²) >= 11 is 0. The van der Waals surface area contributed by atoms with Gasteiger partial charge in [0.1, 0.15) is 6.07 Å². The van der Waals surface area contributed by atoms with E-state index in [1.807, 2.05) is 18.2 Å². The largest absolute Gasteiger partial charge is 0.355 e. The molecule has 0 aliphatic carbocycles. The van der Waals surface area contributed by atoms with E-state index >= 15 is 0 Å². The van der Waals surface area contributed by atoms with Gasteiger partial charge in [-0.3, -0.25) is 0 Å². The van der Waals surface area contributed by atoms with Crippen molar-refractivity contribution in [1.29, 1.82) is 5.26 Å². The van der Waals surface area contributed by atoms with Crippen molar-refractivity contribution < 1.29 is 4.52 Å². The molecule has 1 aromatic heterocycles. The van der Waals surface area contributed by atoms with Crippen LogP contribution in [0.15, 0.2) is 34.9 Å². The summed E-state index contributed by atoms with van der Waals surface area (Å²) in [6.45, 7) is 6.51. The lowest BCUT2D eigenvalue weighted by Crippen LogP contribution is -2.10. The van der Waals surface area contributed by atoms with Gasteiger partial charge in [0.25, 0.3) is 0 Å². The SMILES string of the molecule is CC(C)(C)c1ccc(-c2cc(C#N)no2)cc1. The van der Waals surface area contributed by atoms with Crippen LogP contribution in [-0.4, -0.2) is 5.16 Å². The van der Waals surface area contributed by atoms with E-state index in [9.17, 15) is 0 Å². The van der Waals surface area contributed by atoms with E-state index in [2.05, 4.69) is 38.1 Å². The van der Waals surface area contributed by atoms with Crippen molar-refractivity contribution in [2.75, 3.05) is 0 Å². The van der Waals surface area contributed by atoms with Gasteiger partial charge >= 0.3 is 0 Å². The van der Waals surface area contributed by atoms with Crippen molar-refractivity contribution in [3.05, 3.63) is 41.6 Å². The predicted molar refractivity (Wildman–Crippen MR) is 65.4 cm³/mol. The van der Waals surface area contributed by atoms with Crippen molar-refractivity contribution in [2.24, 2.45) is 0 Å². The van der Waals surface area contributed by atoms with Gasteiger partial charge < -0.3 is 4.52 Å². The Morgan fingerprint density at radius 1 is 1.18 bits per heavy atom. The Morgan fingerprint density at radius 2 is 1.82 bits per heavy atom. The summed E-state index contributed by atoms with van der Waals surface area (Å²) in [6.07, 6.45) is 0. The first kappa shape index (κ1) is 11.4. The maximum absolute atomic E-state index is 8.68. The lowest BCUT2D eigenvalue weighted by molar-refractivity contribution is 0.430. The molecule has 0 fully saturated rings. The number of rotatable bonds is 1. The van der Waals surface area contributed by atoms with Crippen LogP contribution in [0.3, 0.4) is 0 Å². The summed E-state index contributed by atoms with van der Waals surface area (Å²) < 4.78 is 5.09. The summed E-state index contributed by atoms with van der Waals surface area (Å²) in [4.78, 5) is 0. The van der Waals surface area contributed by atoms with Gasteiger partial charge in [-0.05, 0) is 11.0 Å². The number of benzene rings is 1. The van der Waals surface area contributed by atoms with Gasteiger partial charge in [-0.1, -0.05) is 50.2 Å². The lowest BCUT2D eigenvalue weighted by Gasteiger charge is -2.18. The summed E-state index contributed by atoms with van der Waals surface area (Å²) in [7, 11) is 0. The molecule has 3 nitrogen and oxygen atoms in total. The summed E-state index contributed by atoms with van der Waals surface area (Å²) in [5.41, 5.74) is 2.64. The molecule has 1 heterocycles. The third kappa shape index (κ3) is 2.36. The molecule has 86 valence electrons. The molecule has 1 aromatic carbocycles. The molecule has 0 saturated heterocycles. The topological polar surface area (TPSA) is 49.8 Å². The molecule has 0 atom stereocenters. The first-order valence-corrected chi connectivity index (χ1v) is 5.48. The minimum absolute atomic E-state index is 0.137. The Balaban J connectivity index is 2.33. The van der Waals surface area contributed by atoms with Gasteiger partial charge in [-0.15, -0.1) is 0 Å².